The first-order chi connectivity index (χ1) is 13.2. The second-order valence-corrected chi connectivity index (χ2v) is 8.03. The highest BCUT2D eigenvalue weighted by Crippen LogP contribution is 2.35. The molecule has 4 heteroatoms. The zero-order valence-electron chi connectivity index (χ0n) is 16.0. The van der Waals surface area contributed by atoms with Crippen LogP contribution in [0.1, 0.15) is 43.2 Å². The molecule has 0 spiro atoms. The molecule has 2 aromatic carbocycles. The monoisotopic (exact) mass is 363 g/mol. The zero-order valence-corrected chi connectivity index (χ0v) is 16.0. The number of aryl methyl sites for hydroxylation is 1. The molecule has 2 atom stereocenters. The van der Waals surface area contributed by atoms with Gasteiger partial charge in [0.1, 0.15) is 0 Å². The first-order valence-corrected chi connectivity index (χ1v) is 10.1. The van der Waals surface area contributed by atoms with Gasteiger partial charge in [-0.25, -0.2) is 4.79 Å². The molecule has 0 saturated carbocycles. The Morgan fingerprint density at radius 2 is 1.67 bits per heavy atom. The highest BCUT2D eigenvalue weighted by atomic mass is 16.2. The highest BCUT2D eigenvalue weighted by Gasteiger charge is 2.38. The van der Waals surface area contributed by atoms with Crippen LogP contribution in [-0.2, 0) is 6.54 Å². The summed E-state index contributed by atoms with van der Waals surface area (Å²) in [5.41, 5.74) is 3.43. The molecule has 27 heavy (non-hydrogen) atoms. The number of rotatable bonds is 4. The predicted octanol–water partition coefficient (Wildman–Crippen LogP) is 4.70. The number of nitrogens with one attached hydrogen (secondary N) is 2. The highest BCUT2D eigenvalue weighted by molar-refractivity contribution is 5.89. The topological polar surface area (TPSA) is 44.4 Å². The minimum atomic E-state index is -0.0848. The normalized spacial score (nSPS) is 25.0. The van der Waals surface area contributed by atoms with Crippen LogP contribution >= 0.6 is 0 Å². The standard InChI is InChI=1S/C23H29N3O/c1-17-10-12-19(13-11-17)24-23(27)25-20-14-21-8-5-9-22(15-20)26(21)16-18-6-3-2-4-7-18/h2-4,6-7,10-13,20-22H,5,8-9,14-16H2,1H3,(H2,24,25,27). The maximum absolute atomic E-state index is 12.4. The summed E-state index contributed by atoms with van der Waals surface area (Å²) >= 11 is 0. The van der Waals surface area contributed by atoms with E-state index in [1.54, 1.807) is 0 Å². The number of hydrogen-bond acceptors (Lipinski definition) is 2. The molecule has 0 aliphatic carbocycles. The summed E-state index contributed by atoms with van der Waals surface area (Å²) < 4.78 is 0. The van der Waals surface area contributed by atoms with Gasteiger partial charge < -0.3 is 10.6 Å². The number of carbonyl (C=O) groups excluding carboxylic acids is 1. The molecule has 2 aromatic rings. The van der Waals surface area contributed by atoms with Crippen LogP contribution in [0, 0.1) is 6.92 Å². The summed E-state index contributed by atoms with van der Waals surface area (Å²) in [4.78, 5) is 15.1. The molecule has 2 aliphatic heterocycles. The number of amides is 2. The largest absolute Gasteiger partial charge is 0.335 e. The van der Waals surface area contributed by atoms with Gasteiger partial charge in [0.2, 0.25) is 0 Å². The Labute approximate surface area is 162 Å². The Morgan fingerprint density at radius 1 is 1.00 bits per heavy atom. The fourth-order valence-electron chi connectivity index (χ4n) is 4.64. The van der Waals surface area contributed by atoms with Gasteiger partial charge in [-0.1, -0.05) is 54.4 Å². The lowest BCUT2D eigenvalue weighted by atomic mass is 9.81. The molecule has 4 rings (SSSR count). The van der Waals surface area contributed by atoms with Crippen LogP contribution in [0.2, 0.25) is 0 Å². The maximum atomic E-state index is 12.4. The van der Waals surface area contributed by atoms with Crippen LogP contribution in [0.25, 0.3) is 0 Å². The molecule has 2 fully saturated rings. The van der Waals surface area contributed by atoms with Crippen LogP contribution in [0.4, 0.5) is 10.5 Å². The van der Waals surface area contributed by atoms with Gasteiger partial charge in [0.25, 0.3) is 0 Å². The Balaban J connectivity index is 1.35. The van der Waals surface area contributed by atoms with Gasteiger partial charge >= 0.3 is 6.03 Å². The zero-order chi connectivity index (χ0) is 18.6. The van der Waals surface area contributed by atoms with Gasteiger partial charge in [-0.05, 0) is 50.3 Å². The quantitative estimate of drug-likeness (QED) is 0.827. The Hall–Kier alpha value is -2.33. The van der Waals surface area contributed by atoms with Gasteiger partial charge in [0, 0.05) is 30.4 Å². The lowest BCUT2D eigenvalue weighted by molar-refractivity contribution is 0.0200. The van der Waals surface area contributed by atoms with Crippen LogP contribution in [-0.4, -0.2) is 29.1 Å². The van der Waals surface area contributed by atoms with Gasteiger partial charge in [0.15, 0.2) is 0 Å². The van der Waals surface area contributed by atoms with Crippen molar-refractivity contribution in [3.05, 3.63) is 65.7 Å². The van der Waals surface area contributed by atoms with Crippen molar-refractivity contribution in [2.45, 2.75) is 63.7 Å². The summed E-state index contributed by atoms with van der Waals surface area (Å²) in [5, 5.41) is 6.19. The van der Waals surface area contributed by atoms with Crippen molar-refractivity contribution in [1.29, 1.82) is 0 Å². The summed E-state index contributed by atoms with van der Waals surface area (Å²) in [7, 11) is 0. The van der Waals surface area contributed by atoms with Crippen molar-refractivity contribution in [1.82, 2.24) is 10.2 Å². The summed E-state index contributed by atoms with van der Waals surface area (Å²) in [6.07, 6.45) is 5.88. The van der Waals surface area contributed by atoms with Gasteiger partial charge in [-0.15, -0.1) is 0 Å². The fourth-order valence-corrected chi connectivity index (χ4v) is 4.64. The number of piperidine rings is 2. The van der Waals surface area contributed by atoms with E-state index in [2.05, 4.69) is 45.9 Å². The fraction of sp³-hybridized carbons (Fsp3) is 0.435. The predicted molar refractivity (Wildman–Crippen MR) is 110 cm³/mol. The van der Waals surface area contributed by atoms with Crippen molar-refractivity contribution in [3.63, 3.8) is 0 Å². The van der Waals surface area contributed by atoms with E-state index in [0.717, 1.165) is 25.1 Å². The van der Waals surface area contributed by atoms with Crippen molar-refractivity contribution < 1.29 is 4.79 Å². The molecule has 2 N–H and O–H groups in total. The molecular formula is C23H29N3O. The van der Waals surface area contributed by atoms with Crippen molar-refractivity contribution in [2.75, 3.05) is 5.32 Å². The Kier molecular flexibility index (Phi) is 5.44. The number of benzene rings is 2. The SMILES string of the molecule is Cc1ccc(NC(=O)NC2CC3CCCC(C2)N3Cc2ccccc2)cc1. The van der Waals surface area contributed by atoms with E-state index < -0.39 is 0 Å². The molecule has 2 aliphatic rings. The first-order valence-electron chi connectivity index (χ1n) is 10.1. The van der Waals surface area contributed by atoms with E-state index in [1.807, 2.05) is 31.2 Å². The van der Waals surface area contributed by atoms with Crippen LogP contribution in [0.15, 0.2) is 54.6 Å². The maximum Gasteiger partial charge on any atom is 0.319 e. The van der Waals surface area contributed by atoms with Crippen molar-refractivity contribution in [2.24, 2.45) is 0 Å². The lowest BCUT2D eigenvalue weighted by Crippen LogP contribution is -2.56. The smallest absolute Gasteiger partial charge is 0.319 e. The van der Waals surface area contributed by atoms with Crippen molar-refractivity contribution in [3.8, 4) is 0 Å². The van der Waals surface area contributed by atoms with Gasteiger partial charge in [0.05, 0.1) is 0 Å². The summed E-state index contributed by atoms with van der Waals surface area (Å²) in [6, 6.07) is 20.0. The van der Waals surface area contributed by atoms with E-state index in [4.69, 9.17) is 0 Å². The average molecular weight is 364 g/mol. The number of hydrogen-bond donors (Lipinski definition) is 2. The minimum Gasteiger partial charge on any atom is -0.335 e. The number of carbonyl (C=O) groups is 1. The molecule has 4 nitrogen and oxygen atoms in total. The van der Waals surface area contributed by atoms with Gasteiger partial charge in [-0.3, -0.25) is 4.90 Å². The summed E-state index contributed by atoms with van der Waals surface area (Å²) in [5.74, 6) is 0. The number of anilines is 1. The van der Waals surface area contributed by atoms with E-state index >= 15 is 0 Å². The number of fused-ring (bicyclic) bond motifs is 2. The van der Waals surface area contributed by atoms with E-state index in [9.17, 15) is 4.79 Å². The van der Waals surface area contributed by atoms with Crippen LogP contribution < -0.4 is 10.6 Å². The third-order valence-corrected chi connectivity index (χ3v) is 5.98. The van der Waals surface area contributed by atoms with Gasteiger partial charge in [-0.2, -0.15) is 0 Å². The lowest BCUT2D eigenvalue weighted by Gasteiger charge is -2.49. The summed E-state index contributed by atoms with van der Waals surface area (Å²) in [6.45, 7) is 3.07. The minimum absolute atomic E-state index is 0.0848. The molecule has 2 saturated heterocycles. The first kappa shape index (κ1) is 18.1. The molecule has 2 unspecified atom stereocenters. The van der Waals surface area contributed by atoms with Crippen molar-refractivity contribution >= 4 is 11.7 Å². The molecule has 2 amide bonds. The molecule has 0 radical (unpaired) electrons. The van der Waals surface area contributed by atoms with Crippen LogP contribution in [0.3, 0.4) is 0 Å². The number of urea groups is 1. The Bertz CT molecular complexity index is 745. The van der Waals surface area contributed by atoms with E-state index in [0.29, 0.717) is 12.1 Å². The molecule has 2 heterocycles. The average Bonchev–Trinajstić information content (AvgIpc) is 2.65. The van der Waals surface area contributed by atoms with E-state index in [1.165, 1.54) is 30.4 Å². The second kappa shape index (κ2) is 8.13. The third kappa shape index (κ3) is 4.51. The molecule has 142 valence electrons. The van der Waals surface area contributed by atoms with Crippen LogP contribution in [0.5, 0.6) is 0 Å². The Morgan fingerprint density at radius 3 is 2.33 bits per heavy atom. The third-order valence-electron chi connectivity index (χ3n) is 5.98. The molecule has 0 aromatic heterocycles. The van der Waals surface area contributed by atoms with E-state index in [-0.39, 0.29) is 12.1 Å². The molecule has 2 bridgehead atoms. The second-order valence-electron chi connectivity index (χ2n) is 8.03. The molecular weight excluding hydrogens is 334 g/mol. The number of nitrogens with zero attached hydrogens (tertiary/aromatic N) is 1.